The minimum atomic E-state index is -4.42. The molecule has 0 radical (unpaired) electrons. The average molecular weight is 421 g/mol. The van der Waals surface area contributed by atoms with Crippen molar-refractivity contribution in [3.05, 3.63) is 47.0 Å². The number of nitrogens with zero attached hydrogens (tertiary/aromatic N) is 3. The van der Waals surface area contributed by atoms with Crippen molar-refractivity contribution in [3.63, 3.8) is 0 Å². The van der Waals surface area contributed by atoms with Gasteiger partial charge in [-0.15, -0.1) is 0 Å². The molecule has 2 heterocycles. The van der Waals surface area contributed by atoms with Crippen molar-refractivity contribution < 1.29 is 24.2 Å². The van der Waals surface area contributed by atoms with Crippen molar-refractivity contribution in [2.24, 2.45) is 11.8 Å². The molecule has 2 unspecified atom stereocenters. The standard InChI is InChI=1S/C17H20N5O6P/c18-17-20-14-13(15(24)21-17)19-8-22(14)12-6-10(11(12)7-23)16(25)29(26,27)28-9-4-2-1-3-5-9/h1-5,8,10-12,16,23,25H,6-7H2,(H,26,27)(H3,18,20,21,24)/t10-,11-,12+,16?/m0/s1. The number of nitrogen functional groups attached to an aromatic ring is 1. The number of anilines is 1. The summed E-state index contributed by atoms with van der Waals surface area (Å²) in [6, 6.07) is 7.65. The summed E-state index contributed by atoms with van der Waals surface area (Å²) in [5, 5.41) is 20.4. The molecule has 154 valence electrons. The number of H-pyrrole nitrogens is 1. The molecule has 0 bridgehead atoms. The summed E-state index contributed by atoms with van der Waals surface area (Å²) in [4.78, 5) is 32.7. The molecule has 1 aliphatic carbocycles. The summed E-state index contributed by atoms with van der Waals surface area (Å²) in [7, 11) is -4.42. The molecule has 1 fully saturated rings. The van der Waals surface area contributed by atoms with Gasteiger partial charge in [0.1, 0.15) is 5.75 Å². The minimum Gasteiger partial charge on any atom is -0.423 e. The maximum atomic E-state index is 12.6. The summed E-state index contributed by atoms with van der Waals surface area (Å²) in [5.41, 5.74) is 5.46. The van der Waals surface area contributed by atoms with Gasteiger partial charge in [0.2, 0.25) is 5.95 Å². The summed E-state index contributed by atoms with van der Waals surface area (Å²) in [5.74, 6) is -2.86. The van der Waals surface area contributed by atoms with E-state index in [-0.39, 0.29) is 41.9 Å². The van der Waals surface area contributed by atoms with Crippen LogP contribution < -0.4 is 15.8 Å². The van der Waals surface area contributed by atoms with Gasteiger partial charge in [-0.05, 0) is 18.6 Å². The van der Waals surface area contributed by atoms with Crippen LogP contribution in [0.5, 0.6) is 5.75 Å². The Morgan fingerprint density at radius 3 is 2.79 bits per heavy atom. The highest BCUT2D eigenvalue weighted by Crippen LogP contribution is 2.57. The van der Waals surface area contributed by atoms with Crippen LogP contribution in [0.25, 0.3) is 11.2 Å². The Bertz CT molecular complexity index is 1130. The van der Waals surface area contributed by atoms with Crippen molar-refractivity contribution in [2.75, 3.05) is 12.3 Å². The van der Waals surface area contributed by atoms with Crippen molar-refractivity contribution in [2.45, 2.75) is 18.3 Å². The van der Waals surface area contributed by atoms with E-state index in [1.54, 1.807) is 22.8 Å². The molecule has 1 saturated carbocycles. The van der Waals surface area contributed by atoms with Gasteiger partial charge in [-0.1, -0.05) is 18.2 Å². The van der Waals surface area contributed by atoms with Gasteiger partial charge < -0.3 is 29.9 Å². The van der Waals surface area contributed by atoms with Crippen molar-refractivity contribution in [1.29, 1.82) is 0 Å². The number of rotatable bonds is 6. The lowest BCUT2D eigenvalue weighted by atomic mass is 9.69. The molecule has 5 atom stereocenters. The van der Waals surface area contributed by atoms with E-state index in [2.05, 4.69) is 15.0 Å². The van der Waals surface area contributed by atoms with Crippen LogP contribution in [0.1, 0.15) is 12.5 Å². The first kappa shape index (κ1) is 19.6. The lowest BCUT2D eigenvalue weighted by molar-refractivity contribution is -0.0281. The topological polar surface area (TPSA) is 177 Å². The lowest BCUT2D eigenvalue weighted by Gasteiger charge is -2.46. The number of aromatic nitrogens is 4. The molecule has 4 rings (SSSR count). The minimum absolute atomic E-state index is 0.0724. The highest BCUT2D eigenvalue weighted by atomic mass is 31.2. The van der Waals surface area contributed by atoms with Gasteiger partial charge in [-0.2, -0.15) is 4.98 Å². The number of aromatic amines is 1. The fourth-order valence-electron chi connectivity index (χ4n) is 3.75. The first-order valence-electron chi connectivity index (χ1n) is 8.90. The zero-order valence-corrected chi connectivity index (χ0v) is 16.0. The number of aliphatic hydroxyl groups excluding tert-OH is 2. The fraction of sp³-hybridized carbons (Fsp3) is 0.353. The molecule has 6 N–H and O–H groups in total. The van der Waals surface area contributed by atoms with Gasteiger partial charge in [0, 0.05) is 24.5 Å². The number of imidazole rings is 1. The van der Waals surface area contributed by atoms with Gasteiger partial charge in [0.05, 0.1) is 6.33 Å². The van der Waals surface area contributed by atoms with E-state index in [9.17, 15) is 24.5 Å². The number of nitrogens with two attached hydrogens (primary N) is 1. The normalized spacial score (nSPS) is 24.6. The monoisotopic (exact) mass is 421 g/mol. The van der Waals surface area contributed by atoms with Crippen molar-refractivity contribution in [3.8, 4) is 5.75 Å². The third-order valence-electron chi connectivity index (χ3n) is 5.27. The quantitative estimate of drug-likeness (QED) is 0.354. The molecule has 11 nitrogen and oxygen atoms in total. The summed E-state index contributed by atoms with van der Waals surface area (Å²) >= 11 is 0. The largest absolute Gasteiger partial charge is 0.423 e. The molecule has 29 heavy (non-hydrogen) atoms. The number of para-hydroxylation sites is 1. The second-order valence-electron chi connectivity index (χ2n) is 6.97. The zero-order chi connectivity index (χ0) is 20.8. The molecule has 0 spiro atoms. The SMILES string of the molecule is Nc1nc2c(ncn2[C@@H]2C[C@H](C(O)P(=O)(O)Oc3ccccc3)[C@@H]2CO)c(=O)[nH]1. The number of aliphatic hydroxyl groups is 2. The van der Waals surface area contributed by atoms with E-state index in [1.165, 1.54) is 18.5 Å². The van der Waals surface area contributed by atoms with Crippen LogP contribution in [0.4, 0.5) is 5.95 Å². The van der Waals surface area contributed by atoms with Crippen LogP contribution in [-0.4, -0.2) is 47.1 Å². The molecule has 0 saturated heterocycles. The second-order valence-corrected chi connectivity index (χ2v) is 8.81. The Labute approximate surface area is 164 Å². The van der Waals surface area contributed by atoms with Crippen LogP contribution in [0.3, 0.4) is 0 Å². The first-order chi connectivity index (χ1) is 13.8. The molecule has 3 aromatic rings. The maximum Gasteiger partial charge on any atom is 0.405 e. The van der Waals surface area contributed by atoms with E-state index in [4.69, 9.17) is 10.3 Å². The van der Waals surface area contributed by atoms with Gasteiger partial charge in [-0.3, -0.25) is 9.78 Å². The number of benzene rings is 1. The van der Waals surface area contributed by atoms with Gasteiger partial charge in [-0.25, -0.2) is 9.55 Å². The number of nitrogens with one attached hydrogen (secondary N) is 1. The van der Waals surface area contributed by atoms with Crippen LogP contribution in [0, 0.1) is 11.8 Å². The predicted octanol–water partition coefficient (Wildman–Crippen LogP) is 0.454. The molecule has 1 aromatic carbocycles. The Morgan fingerprint density at radius 1 is 1.38 bits per heavy atom. The zero-order valence-electron chi connectivity index (χ0n) is 15.1. The molecular formula is C17H20N5O6P. The second kappa shape index (κ2) is 7.27. The van der Waals surface area contributed by atoms with E-state index < -0.39 is 30.8 Å². The van der Waals surface area contributed by atoms with Crippen molar-refractivity contribution >= 4 is 24.7 Å². The number of hydrogen-bond donors (Lipinski definition) is 5. The van der Waals surface area contributed by atoms with Crippen LogP contribution in [0.15, 0.2) is 41.5 Å². The molecule has 0 amide bonds. The van der Waals surface area contributed by atoms with E-state index in [0.717, 1.165) is 0 Å². The van der Waals surface area contributed by atoms with Crippen LogP contribution in [-0.2, 0) is 4.57 Å². The van der Waals surface area contributed by atoms with Gasteiger partial charge in [0.25, 0.3) is 5.56 Å². The Balaban J connectivity index is 1.57. The molecular weight excluding hydrogens is 401 g/mol. The Hall–Kier alpha value is -2.72. The lowest BCUT2D eigenvalue weighted by Crippen LogP contribution is -2.46. The molecule has 2 aromatic heterocycles. The van der Waals surface area contributed by atoms with E-state index in [1.807, 2.05) is 0 Å². The third kappa shape index (κ3) is 3.42. The average Bonchev–Trinajstić information content (AvgIpc) is 3.05. The summed E-state index contributed by atoms with van der Waals surface area (Å²) in [6.45, 7) is -0.351. The highest BCUT2D eigenvalue weighted by molar-refractivity contribution is 7.53. The number of fused-ring (bicyclic) bond motifs is 1. The van der Waals surface area contributed by atoms with Crippen LogP contribution in [0.2, 0.25) is 0 Å². The Morgan fingerprint density at radius 2 is 2.10 bits per heavy atom. The maximum absolute atomic E-state index is 12.6. The number of hydrogen-bond acceptors (Lipinski definition) is 8. The molecule has 12 heteroatoms. The van der Waals surface area contributed by atoms with E-state index in [0.29, 0.717) is 0 Å². The summed E-state index contributed by atoms with van der Waals surface area (Å²) in [6.07, 6.45) is 1.66. The van der Waals surface area contributed by atoms with E-state index >= 15 is 0 Å². The molecule has 0 aliphatic heterocycles. The smallest absolute Gasteiger partial charge is 0.405 e. The van der Waals surface area contributed by atoms with Gasteiger partial charge >= 0.3 is 7.60 Å². The third-order valence-corrected chi connectivity index (χ3v) is 6.80. The highest BCUT2D eigenvalue weighted by Gasteiger charge is 2.52. The first-order valence-corrected chi connectivity index (χ1v) is 10.5. The Kier molecular flexibility index (Phi) is 4.91. The summed E-state index contributed by atoms with van der Waals surface area (Å²) < 4.78 is 19.3. The van der Waals surface area contributed by atoms with Gasteiger partial charge in [0.15, 0.2) is 17.0 Å². The molecule has 1 aliphatic rings. The fourth-order valence-corrected chi connectivity index (χ4v) is 5.11. The predicted molar refractivity (Wildman–Crippen MR) is 103 cm³/mol. The van der Waals surface area contributed by atoms with Crippen LogP contribution >= 0.6 is 7.60 Å². The van der Waals surface area contributed by atoms with Crippen molar-refractivity contribution in [1.82, 2.24) is 19.5 Å².